The zero-order chi connectivity index (χ0) is 14.5. The fourth-order valence-electron chi connectivity index (χ4n) is 1.95. The van der Waals surface area contributed by atoms with Crippen molar-refractivity contribution in [2.24, 2.45) is 11.8 Å². The van der Waals surface area contributed by atoms with E-state index in [0.29, 0.717) is 0 Å². The van der Waals surface area contributed by atoms with E-state index >= 15 is 0 Å². The first-order chi connectivity index (χ1) is 7.87. The van der Waals surface area contributed by atoms with Gasteiger partial charge in [-0.05, 0) is 6.42 Å². The van der Waals surface area contributed by atoms with Crippen LogP contribution in [0.4, 0.5) is 26.3 Å². The summed E-state index contributed by atoms with van der Waals surface area (Å²) in [4.78, 5) is 20.8. The summed E-state index contributed by atoms with van der Waals surface area (Å²) in [5.74, 6) is -16.4. The van der Waals surface area contributed by atoms with E-state index in [2.05, 4.69) is 0 Å². The minimum Gasteiger partial charge on any atom is -0.481 e. The van der Waals surface area contributed by atoms with Crippen molar-refractivity contribution in [3.63, 3.8) is 0 Å². The maximum atomic E-state index is 13.6. The maximum Gasteiger partial charge on any atom is 0.429 e. The molecule has 18 heavy (non-hydrogen) atoms. The molecular formula is C8H6F6O4. The third-order valence-electron chi connectivity index (χ3n) is 2.88. The standard InChI is InChI=1S/C8H6F6O4/c9-6(8(12,13)14)2(4(15)16)1-3(5(17)18)7(6,10)11/h2-3H,1H2,(H,15,16)(H,17,18). The summed E-state index contributed by atoms with van der Waals surface area (Å²) < 4.78 is 77.3. The monoisotopic (exact) mass is 280 g/mol. The van der Waals surface area contributed by atoms with Crippen LogP contribution in [0, 0.1) is 11.8 Å². The van der Waals surface area contributed by atoms with Crippen LogP contribution in [0.5, 0.6) is 0 Å². The maximum absolute atomic E-state index is 13.6. The van der Waals surface area contributed by atoms with Crippen molar-refractivity contribution < 1.29 is 46.1 Å². The van der Waals surface area contributed by atoms with E-state index in [-0.39, 0.29) is 0 Å². The molecule has 3 unspecified atom stereocenters. The van der Waals surface area contributed by atoms with Gasteiger partial charge in [-0.2, -0.15) is 13.2 Å². The summed E-state index contributed by atoms with van der Waals surface area (Å²) in [6.45, 7) is 0. The van der Waals surface area contributed by atoms with Crippen LogP contribution >= 0.6 is 0 Å². The molecule has 1 rings (SSSR count). The highest BCUT2D eigenvalue weighted by molar-refractivity contribution is 5.78. The van der Waals surface area contributed by atoms with Crippen LogP contribution in [0.1, 0.15) is 6.42 Å². The Kier molecular flexibility index (Phi) is 3.04. The Hall–Kier alpha value is -1.48. The van der Waals surface area contributed by atoms with E-state index in [1.807, 2.05) is 0 Å². The lowest BCUT2D eigenvalue weighted by molar-refractivity contribution is -0.307. The summed E-state index contributed by atoms with van der Waals surface area (Å²) in [6, 6.07) is 0. The fourth-order valence-corrected chi connectivity index (χ4v) is 1.95. The minimum atomic E-state index is -6.19. The number of carboxylic acid groups (broad SMARTS) is 2. The number of rotatable bonds is 2. The van der Waals surface area contributed by atoms with Crippen molar-refractivity contribution in [3.05, 3.63) is 0 Å². The number of aliphatic carboxylic acids is 2. The number of hydrogen-bond acceptors (Lipinski definition) is 2. The van der Waals surface area contributed by atoms with Crippen molar-refractivity contribution in [1.29, 1.82) is 0 Å². The highest BCUT2D eigenvalue weighted by atomic mass is 19.4. The molecule has 1 saturated carbocycles. The second-order valence-corrected chi connectivity index (χ2v) is 3.85. The van der Waals surface area contributed by atoms with E-state index in [0.717, 1.165) is 0 Å². The van der Waals surface area contributed by atoms with E-state index in [1.54, 1.807) is 0 Å². The lowest BCUT2D eigenvalue weighted by Crippen LogP contribution is -2.59. The first-order valence-electron chi connectivity index (χ1n) is 4.46. The number of halogens is 6. The van der Waals surface area contributed by atoms with Gasteiger partial charge in [0.25, 0.3) is 5.67 Å². The Morgan fingerprint density at radius 1 is 1.00 bits per heavy atom. The van der Waals surface area contributed by atoms with Gasteiger partial charge in [0.1, 0.15) is 11.8 Å². The second-order valence-electron chi connectivity index (χ2n) is 3.85. The molecule has 0 aromatic heterocycles. The summed E-state index contributed by atoms with van der Waals surface area (Å²) in [7, 11) is 0. The molecule has 0 amide bonds. The molecule has 0 aromatic rings. The van der Waals surface area contributed by atoms with Crippen molar-refractivity contribution in [3.8, 4) is 0 Å². The molecule has 3 atom stereocenters. The van der Waals surface area contributed by atoms with Crippen molar-refractivity contribution in [1.82, 2.24) is 0 Å². The Balaban J connectivity index is 3.43. The molecule has 2 N–H and O–H groups in total. The third-order valence-corrected chi connectivity index (χ3v) is 2.88. The van der Waals surface area contributed by atoms with Gasteiger partial charge in [-0.3, -0.25) is 9.59 Å². The normalized spacial score (nSPS) is 35.4. The quantitative estimate of drug-likeness (QED) is 0.755. The van der Waals surface area contributed by atoms with E-state index in [4.69, 9.17) is 10.2 Å². The van der Waals surface area contributed by atoms with Crippen molar-refractivity contribution >= 4 is 11.9 Å². The summed E-state index contributed by atoms with van der Waals surface area (Å²) in [5, 5.41) is 16.7. The molecule has 0 aromatic carbocycles. The predicted octanol–water partition coefficient (Wildman–Crippen LogP) is 1.70. The minimum absolute atomic E-state index is 1.63. The molecule has 10 heteroatoms. The van der Waals surface area contributed by atoms with Gasteiger partial charge >= 0.3 is 24.0 Å². The van der Waals surface area contributed by atoms with Gasteiger partial charge in [-0.1, -0.05) is 0 Å². The number of hydrogen-bond donors (Lipinski definition) is 2. The molecule has 0 bridgehead atoms. The third kappa shape index (κ3) is 1.62. The second kappa shape index (κ2) is 3.75. The first kappa shape index (κ1) is 14.6. The number of carbonyl (C=O) groups is 2. The summed E-state index contributed by atoms with van der Waals surface area (Å²) in [6.07, 6.45) is -7.82. The predicted molar refractivity (Wildman–Crippen MR) is 41.7 cm³/mol. The van der Waals surface area contributed by atoms with Crippen LogP contribution < -0.4 is 0 Å². The van der Waals surface area contributed by atoms with Crippen LogP contribution in [-0.2, 0) is 9.59 Å². The first-order valence-corrected chi connectivity index (χ1v) is 4.46. The van der Waals surface area contributed by atoms with E-state index in [9.17, 15) is 35.9 Å². The molecule has 104 valence electrons. The number of carboxylic acids is 2. The Labute approximate surface area is 95.2 Å². The molecule has 1 fully saturated rings. The molecule has 1 aliphatic rings. The summed E-state index contributed by atoms with van der Waals surface area (Å²) in [5.41, 5.74) is -5.39. The largest absolute Gasteiger partial charge is 0.481 e. The average Bonchev–Trinajstić information content (AvgIpc) is 2.35. The highest BCUT2D eigenvalue weighted by Crippen LogP contribution is 2.60. The molecule has 0 aliphatic heterocycles. The fraction of sp³-hybridized carbons (Fsp3) is 0.750. The topological polar surface area (TPSA) is 74.6 Å². The smallest absolute Gasteiger partial charge is 0.429 e. The molecule has 0 radical (unpaired) electrons. The van der Waals surface area contributed by atoms with Crippen molar-refractivity contribution in [2.75, 3.05) is 0 Å². The molecule has 0 saturated heterocycles. The Morgan fingerprint density at radius 3 is 1.61 bits per heavy atom. The number of alkyl halides is 6. The SMILES string of the molecule is O=C(O)C1CC(C(=O)O)C(F)(C(F)(F)F)C1(F)F. The van der Waals surface area contributed by atoms with Crippen LogP contribution in [0.3, 0.4) is 0 Å². The van der Waals surface area contributed by atoms with Crippen LogP contribution in [-0.4, -0.2) is 39.9 Å². The molecule has 0 heterocycles. The highest BCUT2D eigenvalue weighted by Gasteiger charge is 2.83. The molecular weight excluding hydrogens is 274 g/mol. The Morgan fingerprint density at radius 2 is 1.39 bits per heavy atom. The van der Waals surface area contributed by atoms with Gasteiger partial charge in [0.2, 0.25) is 0 Å². The van der Waals surface area contributed by atoms with Crippen LogP contribution in [0.15, 0.2) is 0 Å². The van der Waals surface area contributed by atoms with Gasteiger partial charge in [0, 0.05) is 0 Å². The van der Waals surface area contributed by atoms with Crippen LogP contribution in [0.25, 0.3) is 0 Å². The van der Waals surface area contributed by atoms with Gasteiger partial charge in [0.15, 0.2) is 0 Å². The average molecular weight is 280 g/mol. The molecule has 4 nitrogen and oxygen atoms in total. The zero-order valence-corrected chi connectivity index (χ0v) is 8.34. The lowest BCUT2D eigenvalue weighted by Gasteiger charge is -2.32. The van der Waals surface area contributed by atoms with Crippen LogP contribution in [0.2, 0.25) is 0 Å². The van der Waals surface area contributed by atoms with Crippen molar-refractivity contribution in [2.45, 2.75) is 24.2 Å². The van der Waals surface area contributed by atoms with Gasteiger partial charge in [-0.15, -0.1) is 0 Å². The van der Waals surface area contributed by atoms with E-state index in [1.165, 1.54) is 0 Å². The van der Waals surface area contributed by atoms with E-state index < -0.39 is 48.0 Å². The van der Waals surface area contributed by atoms with Gasteiger partial charge in [-0.25, -0.2) is 13.2 Å². The molecule has 1 aliphatic carbocycles. The lowest BCUT2D eigenvalue weighted by atomic mass is 9.89. The molecule has 0 spiro atoms. The zero-order valence-electron chi connectivity index (χ0n) is 8.34. The van der Waals surface area contributed by atoms with Gasteiger partial charge in [0.05, 0.1) is 0 Å². The van der Waals surface area contributed by atoms with Gasteiger partial charge < -0.3 is 10.2 Å². The summed E-state index contributed by atoms with van der Waals surface area (Å²) >= 11 is 0. The Bertz CT molecular complexity index is 392.